The summed E-state index contributed by atoms with van der Waals surface area (Å²) in [5.41, 5.74) is 5.91. The summed E-state index contributed by atoms with van der Waals surface area (Å²) in [5.74, 6) is -2.70. The minimum absolute atomic E-state index is 0.00834. The van der Waals surface area contributed by atoms with E-state index >= 15 is 0 Å². The van der Waals surface area contributed by atoms with Gasteiger partial charge >= 0.3 is 6.61 Å². The molecule has 0 unspecified atom stereocenters. The number of carbonyl (C=O) groups is 1. The van der Waals surface area contributed by atoms with E-state index in [0.29, 0.717) is 12.0 Å². The lowest BCUT2D eigenvalue weighted by atomic mass is 9.88. The molecule has 5 nitrogen and oxygen atoms in total. The lowest BCUT2D eigenvalue weighted by Gasteiger charge is -2.32. The van der Waals surface area contributed by atoms with Crippen LogP contribution in [0.5, 0.6) is 5.88 Å². The van der Waals surface area contributed by atoms with Crippen LogP contribution in [0.25, 0.3) is 11.1 Å². The largest absolute Gasteiger partial charge is 0.471 e. The minimum atomic E-state index is -2.95. The van der Waals surface area contributed by atoms with E-state index in [2.05, 4.69) is 9.72 Å². The SMILES string of the molecule is C[C@@H]1Cc2c(-c3ccc(F)cc3F)cc(C(N)=O)nc2O[C@@H]1COC(F)F. The Bertz CT molecular complexity index is 876. The number of aromatic nitrogens is 1. The van der Waals surface area contributed by atoms with Crippen LogP contribution in [0.2, 0.25) is 0 Å². The highest BCUT2D eigenvalue weighted by Gasteiger charge is 2.32. The zero-order valence-corrected chi connectivity index (χ0v) is 14.2. The van der Waals surface area contributed by atoms with Gasteiger partial charge < -0.3 is 15.2 Å². The second-order valence-electron chi connectivity index (χ2n) is 6.26. The van der Waals surface area contributed by atoms with Crippen LogP contribution in [0.15, 0.2) is 24.3 Å². The predicted molar refractivity (Wildman–Crippen MR) is 87.3 cm³/mol. The van der Waals surface area contributed by atoms with Gasteiger partial charge in [-0.2, -0.15) is 8.78 Å². The van der Waals surface area contributed by atoms with Crippen molar-refractivity contribution in [2.24, 2.45) is 11.7 Å². The molecule has 2 aromatic rings. The monoisotopic (exact) mass is 384 g/mol. The highest BCUT2D eigenvalue weighted by molar-refractivity contribution is 5.93. The number of amides is 1. The molecule has 144 valence electrons. The lowest BCUT2D eigenvalue weighted by molar-refractivity contribution is -0.150. The summed E-state index contributed by atoms with van der Waals surface area (Å²) in [6.45, 7) is -1.56. The van der Waals surface area contributed by atoms with Crippen LogP contribution in [0, 0.1) is 17.6 Å². The van der Waals surface area contributed by atoms with E-state index in [1.165, 1.54) is 12.1 Å². The maximum atomic E-state index is 14.3. The number of rotatable bonds is 5. The van der Waals surface area contributed by atoms with Gasteiger partial charge in [-0.05, 0) is 36.1 Å². The molecule has 1 aromatic heterocycles. The molecule has 27 heavy (non-hydrogen) atoms. The van der Waals surface area contributed by atoms with Crippen molar-refractivity contribution < 1.29 is 31.8 Å². The zero-order valence-electron chi connectivity index (χ0n) is 14.2. The Kier molecular flexibility index (Phi) is 5.31. The van der Waals surface area contributed by atoms with Gasteiger partial charge in [-0.15, -0.1) is 0 Å². The van der Waals surface area contributed by atoms with Crippen molar-refractivity contribution >= 4 is 5.91 Å². The number of benzene rings is 1. The molecule has 1 amide bonds. The average Bonchev–Trinajstić information content (AvgIpc) is 2.59. The first-order valence-corrected chi connectivity index (χ1v) is 8.11. The molecular weight excluding hydrogens is 368 g/mol. The first kappa shape index (κ1) is 19.1. The molecule has 0 aliphatic carbocycles. The highest BCUT2D eigenvalue weighted by atomic mass is 19.3. The molecule has 0 fully saturated rings. The molecular formula is C18H16F4N2O3. The number of nitrogens with zero attached hydrogens (tertiary/aromatic N) is 1. The number of carbonyl (C=O) groups excluding carboxylic acids is 1. The topological polar surface area (TPSA) is 74.4 Å². The van der Waals surface area contributed by atoms with E-state index < -0.39 is 30.3 Å². The van der Waals surface area contributed by atoms with Gasteiger partial charge in [0.15, 0.2) is 0 Å². The molecule has 0 saturated carbocycles. The molecule has 0 radical (unpaired) electrons. The lowest BCUT2D eigenvalue weighted by Crippen LogP contribution is -2.36. The molecule has 0 spiro atoms. The molecule has 3 rings (SSSR count). The minimum Gasteiger partial charge on any atom is -0.471 e. The number of primary amides is 1. The first-order chi connectivity index (χ1) is 12.8. The molecule has 1 aliphatic heterocycles. The van der Waals surface area contributed by atoms with Crippen molar-refractivity contribution in [3.63, 3.8) is 0 Å². The fraction of sp³-hybridized carbons (Fsp3) is 0.333. The molecule has 1 aromatic carbocycles. The van der Waals surface area contributed by atoms with Gasteiger partial charge in [-0.25, -0.2) is 13.8 Å². The third-order valence-electron chi connectivity index (χ3n) is 4.37. The Morgan fingerprint density at radius 3 is 2.70 bits per heavy atom. The van der Waals surface area contributed by atoms with E-state index in [-0.39, 0.29) is 35.2 Å². The van der Waals surface area contributed by atoms with E-state index in [9.17, 15) is 22.4 Å². The molecule has 1 aliphatic rings. The summed E-state index contributed by atoms with van der Waals surface area (Å²) in [6, 6.07) is 4.35. The maximum Gasteiger partial charge on any atom is 0.345 e. The van der Waals surface area contributed by atoms with Crippen molar-refractivity contribution in [3.8, 4) is 17.0 Å². The molecule has 0 saturated heterocycles. The third-order valence-corrected chi connectivity index (χ3v) is 4.37. The number of nitrogens with two attached hydrogens (primary N) is 1. The molecule has 9 heteroatoms. The normalized spacial score (nSPS) is 18.9. The second-order valence-corrected chi connectivity index (χ2v) is 6.26. The van der Waals surface area contributed by atoms with E-state index in [1.54, 1.807) is 6.92 Å². The number of halogens is 4. The van der Waals surface area contributed by atoms with Gasteiger partial charge in [0.05, 0.1) is 6.61 Å². The molecule has 2 N–H and O–H groups in total. The van der Waals surface area contributed by atoms with Crippen molar-refractivity contribution in [1.82, 2.24) is 4.98 Å². The molecule has 2 atom stereocenters. The number of hydrogen-bond donors (Lipinski definition) is 1. The fourth-order valence-electron chi connectivity index (χ4n) is 3.00. The van der Waals surface area contributed by atoms with Crippen LogP contribution in [-0.2, 0) is 11.2 Å². The van der Waals surface area contributed by atoms with E-state index in [4.69, 9.17) is 10.5 Å². The Morgan fingerprint density at radius 1 is 1.33 bits per heavy atom. The van der Waals surface area contributed by atoms with Crippen LogP contribution in [-0.4, -0.2) is 30.2 Å². The first-order valence-electron chi connectivity index (χ1n) is 8.11. The van der Waals surface area contributed by atoms with Crippen molar-refractivity contribution in [1.29, 1.82) is 0 Å². The summed E-state index contributed by atoms with van der Waals surface area (Å²) in [4.78, 5) is 15.6. The van der Waals surface area contributed by atoms with Crippen LogP contribution in [0.1, 0.15) is 23.0 Å². The zero-order chi connectivity index (χ0) is 19.7. The molecule has 2 heterocycles. The smallest absolute Gasteiger partial charge is 0.345 e. The Hall–Kier alpha value is -2.68. The highest BCUT2D eigenvalue weighted by Crippen LogP contribution is 2.38. The van der Waals surface area contributed by atoms with E-state index in [0.717, 1.165) is 12.1 Å². The van der Waals surface area contributed by atoms with Gasteiger partial charge in [0.2, 0.25) is 5.88 Å². The number of fused-ring (bicyclic) bond motifs is 1. The van der Waals surface area contributed by atoms with Gasteiger partial charge in [0, 0.05) is 17.2 Å². The van der Waals surface area contributed by atoms with Crippen LogP contribution in [0.3, 0.4) is 0 Å². The summed E-state index contributed by atoms with van der Waals surface area (Å²) in [7, 11) is 0. The quantitative estimate of drug-likeness (QED) is 0.803. The fourth-order valence-corrected chi connectivity index (χ4v) is 3.00. The predicted octanol–water partition coefficient (Wildman–Crippen LogP) is 3.30. The van der Waals surface area contributed by atoms with Crippen molar-refractivity contribution in [3.05, 3.63) is 47.2 Å². The number of pyridine rings is 1. The number of ether oxygens (including phenoxy) is 2. The summed E-state index contributed by atoms with van der Waals surface area (Å²) in [6.07, 6.45) is -0.418. The van der Waals surface area contributed by atoms with Crippen molar-refractivity contribution in [2.75, 3.05) is 6.61 Å². The van der Waals surface area contributed by atoms with Crippen LogP contribution < -0.4 is 10.5 Å². The second kappa shape index (κ2) is 7.51. The molecule has 0 bridgehead atoms. The Labute approximate surface area is 152 Å². The summed E-state index contributed by atoms with van der Waals surface area (Å²) < 4.78 is 62.1. The van der Waals surface area contributed by atoms with Crippen LogP contribution >= 0.6 is 0 Å². The summed E-state index contributed by atoms with van der Waals surface area (Å²) in [5, 5.41) is 0. The number of alkyl halides is 2. The third kappa shape index (κ3) is 4.02. The van der Waals surface area contributed by atoms with E-state index in [1.807, 2.05) is 0 Å². The number of hydrogen-bond acceptors (Lipinski definition) is 4. The maximum absolute atomic E-state index is 14.3. The van der Waals surface area contributed by atoms with Crippen LogP contribution in [0.4, 0.5) is 17.6 Å². The van der Waals surface area contributed by atoms with Gasteiger partial charge in [0.25, 0.3) is 5.91 Å². The van der Waals surface area contributed by atoms with Gasteiger partial charge in [-0.3, -0.25) is 4.79 Å². The summed E-state index contributed by atoms with van der Waals surface area (Å²) >= 11 is 0. The Morgan fingerprint density at radius 2 is 2.07 bits per heavy atom. The van der Waals surface area contributed by atoms with Crippen molar-refractivity contribution in [2.45, 2.75) is 26.1 Å². The average molecular weight is 384 g/mol. The van der Waals surface area contributed by atoms with Gasteiger partial charge in [0.1, 0.15) is 23.4 Å². The Balaban J connectivity index is 2.07. The van der Waals surface area contributed by atoms with Gasteiger partial charge in [-0.1, -0.05) is 6.92 Å². The standard InChI is InChI=1S/C18H16F4N2O3/c1-8-4-12-11(10-3-2-9(19)5-13(10)20)6-14(16(23)25)24-17(12)27-15(8)7-26-18(21)22/h2-3,5-6,8,15,18H,4,7H2,1H3,(H2,23,25)/t8-,15-/m1/s1.